The molecule has 3 fully saturated rings. The van der Waals surface area contributed by atoms with Gasteiger partial charge in [-0.05, 0) is 38.3 Å². The van der Waals surface area contributed by atoms with Gasteiger partial charge in [0, 0.05) is 76.3 Å². The average molecular weight is 669 g/mol. The summed E-state index contributed by atoms with van der Waals surface area (Å²) in [6.45, 7) is 7.18. The fourth-order valence-corrected chi connectivity index (χ4v) is 6.34. The van der Waals surface area contributed by atoms with Crippen LogP contribution in [0.4, 0.5) is 4.79 Å². The van der Waals surface area contributed by atoms with Crippen molar-refractivity contribution in [2.75, 3.05) is 78.8 Å². The first-order valence-electron chi connectivity index (χ1n) is 16.6. The minimum absolute atomic E-state index is 0.0391. The third-order valence-corrected chi connectivity index (χ3v) is 8.90. The first kappa shape index (κ1) is 34.8. The number of hydrogen-bond donors (Lipinski definition) is 2. The third kappa shape index (κ3) is 8.89. The number of aliphatic carboxylic acids is 1. The number of amides is 4. The number of hydrogen-bond acceptors (Lipinski definition) is 10. The molecule has 0 saturated carbocycles. The molecule has 4 heterocycles. The Bertz CT molecular complexity index is 1470. The molecular weight excluding hydrogens is 624 g/mol. The molecular formula is C33H44N6O9. The maximum Gasteiger partial charge on any atom is 0.409 e. The maximum absolute atomic E-state index is 13.6. The van der Waals surface area contributed by atoms with Gasteiger partial charge in [0.1, 0.15) is 17.5 Å². The number of para-hydroxylation sites is 1. The summed E-state index contributed by atoms with van der Waals surface area (Å²) in [5.74, 6) is -2.08. The molecule has 0 aliphatic carbocycles. The van der Waals surface area contributed by atoms with Crippen LogP contribution in [0.3, 0.4) is 0 Å². The molecule has 48 heavy (non-hydrogen) atoms. The van der Waals surface area contributed by atoms with E-state index in [-0.39, 0.29) is 69.9 Å². The molecule has 1 aromatic heterocycles. The summed E-state index contributed by atoms with van der Waals surface area (Å²) >= 11 is 0. The van der Waals surface area contributed by atoms with E-state index in [1.165, 1.54) is 15.9 Å². The Balaban J connectivity index is 1.26. The van der Waals surface area contributed by atoms with Gasteiger partial charge >= 0.3 is 12.1 Å². The van der Waals surface area contributed by atoms with Crippen LogP contribution in [0, 0.1) is 0 Å². The highest BCUT2D eigenvalue weighted by molar-refractivity contribution is 5.99. The molecule has 2 aromatic rings. The molecule has 4 amide bonds. The number of carboxylic acid groups (broad SMARTS) is 1. The molecule has 0 spiro atoms. The Morgan fingerprint density at radius 1 is 1.02 bits per heavy atom. The van der Waals surface area contributed by atoms with E-state index in [4.69, 9.17) is 14.2 Å². The number of pyridine rings is 1. The number of fused-ring (bicyclic) bond motifs is 1. The van der Waals surface area contributed by atoms with Gasteiger partial charge in [-0.2, -0.15) is 0 Å². The highest BCUT2D eigenvalue weighted by Gasteiger charge is 2.33. The molecule has 2 unspecified atom stereocenters. The van der Waals surface area contributed by atoms with Gasteiger partial charge in [0.05, 0.1) is 25.3 Å². The number of nitrogens with zero attached hydrogens (tertiary/aromatic N) is 5. The van der Waals surface area contributed by atoms with Crippen LogP contribution in [0.15, 0.2) is 30.3 Å². The van der Waals surface area contributed by atoms with Crippen molar-refractivity contribution in [1.82, 2.24) is 29.9 Å². The molecule has 3 aliphatic rings. The summed E-state index contributed by atoms with van der Waals surface area (Å²) in [5, 5.41) is 12.6. The maximum atomic E-state index is 13.6. The zero-order valence-electron chi connectivity index (χ0n) is 27.3. The Morgan fingerprint density at radius 3 is 2.48 bits per heavy atom. The Labute approximate surface area is 279 Å². The Morgan fingerprint density at radius 2 is 1.75 bits per heavy atom. The van der Waals surface area contributed by atoms with E-state index in [0.717, 1.165) is 32.5 Å². The topological polar surface area (TPSA) is 171 Å². The second kappa shape index (κ2) is 16.6. The van der Waals surface area contributed by atoms with Crippen molar-refractivity contribution in [3.63, 3.8) is 0 Å². The van der Waals surface area contributed by atoms with Crippen LogP contribution in [-0.4, -0.2) is 150 Å². The number of carbonyl (C=O) groups is 5. The zero-order chi connectivity index (χ0) is 34.0. The summed E-state index contributed by atoms with van der Waals surface area (Å²) in [6, 6.07) is 7.48. The SMILES string of the molecule is CCOC(=O)N1CCN(C(=O)C(CCC(=O)O)NC(=O)c2cc(OCC(=O)N3CCCC3CN3CCOCC3)c3ccccc3n2)CC1. The van der Waals surface area contributed by atoms with Crippen molar-refractivity contribution in [2.45, 2.75) is 44.7 Å². The number of carboxylic acids is 1. The minimum Gasteiger partial charge on any atom is -0.483 e. The quantitative estimate of drug-likeness (QED) is 0.333. The van der Waals surface area contributed by atoms with E-state index in [1.54, 1.807) is 31.2 Å². The van der Waals surface area contributed by atoms with Crippen LogP contribution in [0.25, 0.3) is 10.9 Å². The van der Waals surface area contributed by atoms with Crippen LogP contribution in [-0.2, 0) is 23.9 Å². The summed E-state index contributed by atoms with van der Waals surface area (Å²) in [4.78, 5) is 75.6. The molecule has 3 aliphatic heterocycles. The van der Waals surface area contributed by atoms with Gasteiger partial charge in [-0.1, -0.05) is 12.1 Å². The number of aromatic nitrogens is 1. The number of ether oxygens (including phenoxy) is 3. The number of rotatable bonds is 12. The lowest BCUT2D eigenvalue weighted by Crippen LogP contribution is -2.56. The lowest BCUT2D eigenvalue weighted by atomic mass is 10.1. The van der Waals surface area contributed by atoms with Crippen molar-refractivity contribution in [2.24, 2.45) is 0 Å². The van der Waals surface area contributed by atoms with Gasteiger partial charge in [-0.25, -0.2) is 9.78 Å². The van der Waals surface area contributed by atoms with Gasteiger partial charge in [0.2, 0.25) is 5.91 Å². The van der Waals surface area contributed by atoms with Gasteiger partial charge < -0.3 is 39.3 Å². The normalized spacial score (nSPS) is 19.2. The fourth-order valence-electron chi connectivity index (χ4n) is 6.34. The molecule has 0 radical (unpaired) electrons. The predicted molar refractivity (Wildman–Crippen MR) is 173 cm³/mol. The molecule has 260 valence electrons. The lowest BCUT2D eigenvalue weighted by Gasteiger charge is -2.35. The molecule has 2 N–H and O–H groups in total. The Kier molecular flexibility index (Phi) is 12.0. The van der Waals surface area contributed by atoms with E-state index >= 15 is 0 Å². The number of morpholine rings is 1. The minimum atomic E-state index is -1.14. The summed E-state index contributed by atoms with van der Waals surface area (Å²) in [7, 11) is 0. The summed E-state index contributed by atoms with van der Waals surface area (Å²) < 4.78 is 16.5. The summed E-state index contributed by atoms with van der Waals surface area (Å²) in [6.07, 6.45) is 0.908. The van der Waals surface area contributed by atoms with Crippen molar-refractivity contribution < 1.29 is 43.3 Å². The van der Waals surface area contributed by atoms with Gasteiger partial charge in [-0.3, -0.25) is 24.1 Å². The van der Waals surface area contributed by atoms with Gasteiger partial charge in [0.25, 0.3) is 11.8 Å². The second-order valence-corrected chi connectivity index (χ2v) is 12.1. The third-order valence-electron chi connectivity index (χ3n) is 8.90. The van der Waals surface area contributed by atoms with Crippen LogP contribution in [0.2, 0.25) is 0 Å². The first-order valence-corrected chi connectivity index (χ1v) is 16.6. The van der Waals surface area contributed by atoms with E-state index in [0.29, 0.717) is 36.4 Å². The number of benzene rings is 1. The smallest absolute Gasteiger partial charge is 0.409 e. The second-order valence-electron chi connectivity index (χ2n) is 12.1. The van der Waals surface area contributed by atoms with Crippen molar-refractivity contribution >= 4 is 40.7 Å². The highest BCUT2D eigenvalue weighted by Crippen LogP contribution is 2.27. The van der Waals surface area contributed by atoms with Crippen LogP contribution in [0.1, 0.15) is 43.1 Å². The molecule has 15 heteroatoms. The number of likely N-dealkylation sites (tertiary alicyclic amines) is 1. The largest absolute Gasteiger partial charge is 0.483 e. The van der Waals surface area contributed by atoms with E-state index in [1.807, 2.05) is 4.90 Å². The van der Waals surface area contributed by atoms with E-state index in [2.05, 4.69) is 15.2 Å². The molecule has 2 atom stereocenters. The fraction of sp³-hybridized carbons (Fsp3) is 0.576. The molecule has 3 saturated heterocycles. The van der Waals surface area contributed by atoms with Crippen LogP contribution < -0.4 is 10.1 Å². The highest BCUT2D eigenvalue weighted by atomic mass is 16.6. The van der Waals surface area contributed by atoms with E-state index < -0.39 is 29.9 Å². The zero-order valence-corrected chi connectivity index (χ0v) is 27.3. The lowest BCUT2D eigenvalue weighted by molar-refractivity contribution is -0.138. The van der Waals surface area contributed by atoms with Gasteiger partial charge in [0.15, 0.2) is 6.61 Å². The van der Waals surface area contributed by atoms with E-state index in [9.17, 15) is 29.1 Å². The number of nitrogens with one attached hydrogen (secondary N) is 1. The van der Waals surface area contributed by atoms with Crippen LogP contribution in [0.5, 0.6) is 5.75 Å². The summed E-state index contributed by atoms with van der Waals surface area (Å²) in [5.41, 5.74) is 0.422. The standard InChI is InChI=1S/C33H44N6O9/c1-2-47-33(45)38-14-12-37(13-15-38)32(44)26(9-10-30(41)42)35-31(43)27-20-28(24-7-3-4-8-25(24)34-27)48-22-29(40)39-11-5-6-23(39)21-36-16-18-46-19-17-36/h3-4,7-8,20,23,26H,2,5-6,9-19,21-22H2,1H3,(H,35,43)(H,41,42). The average Bonchev–Trinajstić information content (AvgIpc) is 3.57. The Hall–Kier alpha value is -4.50. The monoisotopic (exact) mass is 668 g/mol. The molecule has 1 aromatic carbocycles. The molecule has 5 rings (SSSR count). The van der Waals surface area contributed by atoms with Crippen molar-refractivity contribution in [3.05, 3.63) is 36.0 Å². The van der Waals surface area contributed by atoms with Crippen molar-refractivity contribution in [3.8, 4) is 5.75 Å². The first-order chi connectivity index (χ1) is 23.2. The van der Waals surface area contributed by atoms with Gasteiger partial charge in [-0.15, -0.1) is 0 Å². The molecule has 15 nitrogen and oxygen atoms in total. The molecule has 0 bridgehead atoms. The number of piperazine rings is 1. The number of carbonyl (C=O) groups excluding carboxylic acids is 4. The van der Waals surface area contributed by atoms with Crippen molar-refractivity contribution in [1.29, 1.82) is 0 Å². The van der Waals surface area contributed by atoms with Crippen LogP contribution >= 0.6 is 0 Å². The predicted octanol–water partition coefficient (Wildman–Crippen LogP) is 1.20.